The molecule has 1 atom stereocenters. The molecular weight excluding hydrogens is 172 g/mol. The number of terminal acetylenes is 1. The van der Waals surface area contributed by atoms with Crippen LogP contribution in [0, 0.1) is 12.3 Å². The Balaban J connectivity index is 4.03. The second-order valence-corrected chi connectivity index (χ2v) is 2.30. The van der Waals surface area contributed by atoms with Gasteiger partial charge < -0.3 is 15.7 Å². The molecular formula is C8H12N2O3. The molecule has 1 unspecified atom stereocenters. The van der Waals surface area contributed by atoms with Crippen molar-refractivity contribution >= 4 is 12.0 Å². The van der Waals surface area contributed by atoms with Crippen molar-refractivity contribution in [1.29, 1.82) is 0 Å². The van der Waals surface area contributed by atoms with Gasteiger partial charge in [0.1, 0.15) is 6.04 Å². The van der Waals surface area contributed by atoms with E-state index in [1.54, 1.807) is 6.92 Å². The molecule has 0 heterocycles. The Hall–Kier alpha value is -1.70. The maximum atomic E-state index is 10.9. The van der Waals surface area contributed by atoms with E-state index in [1.165, 1.54) is 0 Å². The smallest absolute Gasteiger partial charge is 0.327 e. The molecule has 0 aliphatic heterocycles. The van der Waals surface area contributed by atoms with E-state index in [0.717, 1.165) is 0 Å². The summed E-state index contributed by atoms with van der Waals surface area (Å²) in [6, 6.07) is -1.54. The molecule has 13 heavy (non-hydrogen) atoms. The van der Waals surface area contributed by atoms with Crippen LogP contribution in [0.3, 0.4) is 0 Å². The number of hydrogen-bond acceptors (Lipinski definition) is 2. The average Bonchev–Trinajstić information content (AvgIpc) is 2.04. The van der Waals surface area contributed by atoms with Gasteiger partial charge in [-0.05, 0) is 6.92 Å². The Labute approximate surface area is 76.5 Å². The van der Waals surface area contributed by atoms with Gasteiger partial charge in [-0.2, -0.15) is 0 Å². The monoisotopic (exact) mass is 184 g/mol. The van der Waals surface area contributed by atoms with Crippen molar-refractivity contribution in [2.24, 2.45) is 0 Å². The molecule has 3 N–H and O–H groups in total. The third-order valence-electron chi connectivity index (χ3n) is 1.26. The first-order chi connectivity index (χ1) is 6.11. The van der Waals surface area contributed by atoms with Gasteiger partial charge in [0.2, 0.25) is 0 Å². The molecule has 0 aromatic heterocycles. The van der Waals surface area contributed by atoms with Crippen LogP contribution in [0.5, 0.6) is 0 Å². The zero-order valence-electron chi connectivity index (χ0n) is 7.33. The molecule has 0 bridgehead atoms. The lowest BCUT2D eigenvalue weighted by atomic mass is 10.2. The van der Waals surface area contributed by atoms with Gasteiger partial charge in [-0.15, -0.1) is 12.3 Å². The van der Waals surface area contributed by atoms with E-state index in [9.17, 15) is 9.59 Å². The summed E-state index contributed by atoms with van der Waals surface area (Å²) in [5.41, 5.74) is 0. The van der Waals surface area contributed by atoms with Crippen LogP contribution in [0.25, 0.3) is 0 Å². The Morgan fingerprint density at radius 1 is 1.62 bits per heavy atom. The van der Waals surface area contributed by atoms with Crippen molar-refractivity contribution in [3.63, 3.8) is 0 Å². The zero-order chi connectivity index (χ0) is 10.3. The topological polar surface area (TPSA) is 78.4 Å². The fourth-order valence-corrected chi connectivity index (χ4v) is 0.688. The molecule has 0 aromatic rings. The first kappa shape index (κ1) is 11.3. The van der Waals surface area contributed by atoms with Gasteiger partial charge in [-0.3, -0.25) is 0 Å². The Morgan fingerprint density at radius 2 is 2.23 bits per heavy atom. The molecule has 0 aliphatic carbocycles. The number of amides is 2. The summed E-state index contributed by atoms with van der Waals surface area (Å²) in [5, 5.41) is 13.2. The quantitative estimate of drug-likeness (QED) is 0.528. The maximum Gasteiger partial charge on any atom is 0.327 e. The Bertz CT molecular complexity index is 232. The fourth-order valence-electron chi connectivity index (χ4n) is 0.688. The Kier molecular flexibility index (Phi) is 5.12. The fraction of sp³-hybridized carbons (Fsp3) is 0.500. The maximum absolute atomic E-state index is 10.9. The highest BCUT2D eigenvalue weighted by Crippen LogP contribution is 1.89. The number of carboxylic acid groups (broad SMARTS) is 1. The first-order valence-corrected chi connectivity index (χ1v) is 3.82. The summed E-state index contributed by atoms with van der Waals surface area (Å²) < 4.78 is 0. The van der Waals surface area contributed by atoms with Gasteiger partial charge in [-0.25, -0.2) is 9.59 Å². The molecule has 0 aromatic carbocycles. The largest absolute Gasteiger partial charge is 0.480 e. The molecule has 0 spiro atoms. The normalized spacial score (nSPS) is 11.1. The van der Waals surface area contributed by atoms with E-state index < -0.39 is 18.0 Å². The van der Waals surface area contributed by atoms with Crippen LogP contribution in [-0.2, 0) is 4.79 Å². The van der Waals surface area contributed by atoms with Crippen molar-refractivity contribution < 1.29 is 14.7 Å². The van der Waals surface area contributed by atoms with Crippen LogP contribution in [0.4, 0.5) is 4.79 Å². The van der Waals surface area contributed by atoms with E-state index in [0.29, 0.717) is 6.54 Å². The van der Waals surface area contributed by atoms with Crippen molar-refractivity contribution in [3.05, 3.63) is 0 Å². The van der Waals surface area contributed by atoms with Crippen LogP contribution in [0.15, 0.2) is 0 Å². The van der Waals surface area contributed by atoms with Crippen LogP contribution in [-0.4, -0.2) is 29.7 Å². The highest BCUT2D eigenvalue weighted by atomic mass is 16.4. The second kappa shape index (κ2) is 5.89. The van der Waals surface area contributed by atoms with Crippen LogP contribution in [0.1, 0.15) is 13.3 Å². The molecule has 5 heteroatoms. The van der Waals surface area contributed by atoms with Crippen molar-refractivity contribution in [3.8, 4) is 12.3 Å². The number of carbonyl (C=O) groups excluding carboxylic acids is 1. The molecule has 0 radical (unpaired) electrons. The second-order valence-electron chi connectivity index (χ2n) is 2.30. The van der Waals surface area contributed by atoms with E-state index in [2.05, 4.69) is 16.6 Å². The lowest BCUT2D eigenvalue weighted by Gasteiger charge is -2.11. The van der Waals surface area contributed by atoms with E-state index in [-0.39, 0.29) is 6.42 Å². The zero-order valence-corrected chi connectivity index (χ0v) is 7.33. The number of nitrogens with one attached hydrogen (secondary N) is 2. The minimum atomic E-state index is -1.13. The number of hydrogen-bond donors (Lipinski definition) is 3. The van der Waals surface area contributed by atoms with Crippen LogP contribution < -0.4 is 10.6 Å². The summed E-state index contributed by atoms with van der Waals surface area (Å²) in [4.78, 5) is 21.4. The third kappa shape index (κ3) is 4.69. The van der Waals surface area contributed by atoms with Gasteiger partial charge >= 0.3 is 12.0 Å². The van der Waals surface area contributed by atoms with Crippen LogP contribution >= 0.6 is 0 Å². The summed E-state index contributed by atoms with van der Waals surface area (Å²) in [7, 11) is 0. The molecule has 5 nitrogen and oxygen atoms in total. The number of carboxylic acids is 1. The van der Waals surface area contributed by atoms with E-state index in [1.807, 2.05) is 0 Å². The predicted octanol–water partition coefficient (Wildman–Crippen LogP) is -0.218. The number of aliphatic carboxylic acids is 1. The summed E-state index contributed by atoms with van der Waals surface area (Å²) in [5.74, 6) is 1.04. The molecule has 0 aliphatic rings. The van der Waals surface area contributed by atoms with Gasteiger partial charge in [0, 0.05) is 13.0 Å². The lowest BCUT2D eigenvalue weighted by molar-refractivity contribution is -0.139. The van der Waals surface area contributed by atoms with E-state index >= 15 is 0 Å². The van der Waals surface area contributed by atoms with Gasteiger partial charge in [-0.1, -0.05) is 0 Å². The van der Waals surface area contributed by atoms with E-state index in [4.69, 9.17) is 11.5 Å². The molecule has 72 valence electrons. The van der Waals surface area contributed by atoms with Crippen molar-refractivity contribution in [2.45, 2.75) is 19.4 Å². The predicted molar refractivity (Wildman–Crippen MR) is 47.1 cm³/mol. The number of rotatable bonds is 4. The highest BCUT2D eigenvalue weighted by molar-refractivity contribution is 5.82. The molecule has 0 saturated heterocycles. The van der Waals surface area contributed by atoms with Gasteiger partial charge in [0.15, 0.2) is 0 Å². The average molecular weight is 184 g/mol. The number of carbonyl (C=O) groups is 2. The molecule has 0 saturated carbocycles. The third-order valence-corrected chi connectivity index (χ3v) is 1.26. The molecule has 2 amide bonds. The van der Waals surface area contributed by atoms with Gasteiger partial charge in [0.25, 0.3) is 0 Å². The minimum absolute atomic E-state index is 0.0214. The minimum Gasteiger partial charge on any atom is -0.480 e. The van der Waals surface area contributed by atoms with Crippen molar-refractivity contribution in [2.75, 3.05) is 6.54 Å². The summed E-state index contributed by atoms with van der Waals surface area (Å²) in [6.07, 6.45) is 4.91. The lowest BCUT2D eigenvalue weighted by Crippen LogP contribution is -2.45. The molecule has 0 fully saturated rings. The highest BCUT2D eigenvalue weighted by Gasteiger charge is 2.17. The van der Waals surface area contributed by atoms with Crippen molar-refractivity contribution in [1.82, 2.24) is 10.6 Å². The number of urea groups is 1. The molecule has 0 rings (SSSR count). The van der Waals surface area contributed by atoms with Crippen LogP contribution in [0.2, 0.25) is 0 Å². The Morgan fingerprint density at radius 3 is 2.62 bits per heavy atom. The first-order valence-electron chi connectivity index (χ1n) is 3.82. The SMILES string of the molecule is C#CCC(NC(=O)NCC)C(=O)O. The standard InChI is InChI=1S/C8H12N2O3/c1-3-5-6(7(11)12)10-8(13)9-4-2/h1,6H,4-5H2,2H3,(H,11,12)(H2,9,10,13). The summed E-state index contributed by atoms with van der Waals surface area (Å²) in [6.45, 7) is 2.17. The van der Waals surface area contributed by atoms with Gasteiger partial charge in [0.05, 0.1) is 0 Å². The summed E-state index contributed by atoms with van der Waals surface area (Å²) >= 11 is 0.